The number of fused-ring (bicyclic) bond motifs is 1. The Morgan fingerprint density at radius 3 is 2.39 bits per heavy atom. The number of amides is 2. The highest BCUT2D eigenvalue weighted by Crippen LogP contribution is 2.33. The van der Waals surface area contributed by atoms with E-state index in [4.69, 9.17) is 4.74 Å². The second-order valence-electron chi connectivity index (χ2n) is 8.48. The van der Waals surface area contributed by atoms with Crippen molar-refractivity contribution in [2.75, 3.05) is 18.5 Å². The largest absolute Gasteiger partial charge is 0.494 e. The quantitative estimate of drug-likeness (QED) is 0.675. The second kappa shape index (κ2) is 8.66. The van der Waals surface area contributed by atoms with Crippen LogP contribution in [-0.2, 0) is 11.2 Å². The highest BCUT2D eigenvalue weighted by molar-refractivity contribution is 6.88. The first kappa shape index (κ1) is 22.7. The molecule has 0 spiro atoms. The van der Waals surface area contributed by atoms with Gasteiger partial charge in [0.25, 0.3) is 5.91 Å². The molecule has 2 amide bonds. The third-order valence-electron chi connectivity index (χ3n) is 5.21. The third kappa shape index (κ3) is 4.71. The van der Waals surface area contributed by atoms with Gasteiger partial charge < -0.3 is 15.2 Å². The summed E-state index contributed by atoms with van der Waals surface area (Å²) in [4.78, 5) is 25.9. The molecule has 0 saturated heterocycles. The van der Waals surface area contributed by atoms with Gasteiger partial charge in [0.05, 0.1) is 14.7 Å². The molecule has 1 atom stereocenters. The van der Waals surface area contributed by atoms with Crippen molar-refractivity contribution in [1.29, 1.82) is 0 Å². The van der Waals surface area contributed by atoms with Crippen molar-refractivity contribution in [1.82, 2.24) is 4.90 Å². The normalized spacial score (nSPS) is 15.9. The summed E-state index contributed by atoms with van der Waals surface area (Å²) in [5, 5.41) is 12.2. The van der Waals surface area contributed by atoms with Gasteiger partial charge in [0.15, 0.2) is 0 Å². The van der Waals surface area contributed by atoms with Crippen LogP contribution in [0.3, 0.4) is 0 Å². The van der Waals surface area contributed by atoms with Crippen molar-refractivity contribution in [3.63, 3.8) is 0 Å². The highest BCUT2D eigenvalue weighted by Gasteiger charge is 2.36. The maximum Gasteiger partial charge on any atom is 0.408 e. The number of anilines is 1. The minimum Gasteiger partial charge on any atom is -0.494 e. The Kier molecular flexibility index (Phi) is 6.35. The van der Waals surface area contributed by atoms with Gasteiger partial charge in [0.2, 0.25) is 0 Å². The summed E-state index contributed by atoms with van der Waals surface area (Å²) in [6, 6.07) is 6.16. The van der Waals surface area contributed by atoms with Gasteiger partial charge in [-0.05, 0) is 48.7 Å². The maximum absolute atomic E-state index is 14.6. The molecule has 1 unspecified atom stereocenters. The molecule has 31 heavy (non-hydrogen) atoms. The molecule has 2 aromatic carbocycles. The minimum atomic E-state index is -2.26. The summed E-state index contributed by atoms with van der Waals surface area (Å²) in [7, 11) is -2.26. The summed E-state index contributed by atoms with van der Waals surface area (Å²) in [6.45, 7) is 7.93. The molecule has 0 fully saturated rings. The van der Waals surface area contributed by atoms with Gasteiger partial charge in [-0.1, -0.05) is 25.7 Å². The van der Waals surface area contributed by atoms with Gasteiger partial charge >= 0.3 is 6.09 Å². The van der Waals surface area contributed by atoms with Crippen LogP contribution in [0.5, 0.6) is 5.75 Å². The molecule has 2 aromatic rings. The molecule has 1 aliphatic rings. The van der Waals surface area contributed by atoms with Gasteiger partial charge in [-0.25, -0.2) is 13.6 Å². The summed E-state index contributed by atoms with van der Waals surface area (Å²) in [5.74, 6) is -1.47. The van der Waals surface area contributed by atoms with E-state index in [-0.39, 0.29) is 17.4 Å². The molecule has 0 saturated carbocycles. The SMILES string of the molecule is CCOc1ccc2c(c1)CCN(C(=O)O)C2C(=O)Nc1cc(F)c([Si](C)(C)C)c(F)c1. The van der Waals surface area contributed by atoms with Crippen LogP contribution in [-0.4, -0.2) is 43.2 Å². The molecule has 0 bridgehead atoms. The summed E-state index contributed by atoms with van der Waals surface area (Å²) in [5.41, 5.74) is 1.27. The van der Waals surface area contributed by atoms with E-state index in [1.807, 2.05) is 26.6 Å². The van der Waals surface area contributed by atoms with Crippen LogP contribution in [0.1, 0.15) is 24.1 Å². The highest BCUT2D eigenvalue weighted by atomic mass is 28.3. The number of ether oxygens (including phenoxy) is 1. The molecular weight excluding hydrogens is 422 g/mol. The van der Waals surface area contributed by atoms with Gasteiger partial charge in [-0.15, -0.1) is 0 Å². The number of benzene rings is 2. The first-order valence-corrected chi connectivity index (χ1v) is 13.6. The van der Waals surface area contributed by atoms with E-state index >= 15 is 0 Å². The zero-order valence-electron chi connectivity index (χ0n) is 18.0. The average molecular weight is 449 g/mol. The monoisotopic (exact) mass is 448 g/mol. The Bertz CT molecular complexity index is 1000. The number of halogens is 2. The van der Waals surface area contributed by atoms with Crippen LogP contribution in [0.2, 0.25) is 19.6 Å². The molecule has 166 valence electrons. The smallest absolute Gasteiger partial charge is 0.408 e. The number of rotatable bonds is 5. The molecule has 1 heterocycles. The van der Waals surface area contributed by atoms with E-state index in [2.05, 4.69) is 5.32 Å². The van der Waals surface area contributed by atoms with Crippen LogP contribution in [0.25, 0.3) is 0 Å². The molecule has 0 aromatic heterocycles. The van der Waals surface area contributed by atoms with Gasteiger partial charge in [-0.2, -0.15) is 0 Å². The Morgan fingerprint density at radius 2 is 1.84 bits per heavy atom. The van der Waals surface area contributed by atoms with Crippen LogP contribution in [0, 0.1) is 11.6 Å². The summed E-state index contributed by atoms with van der Waals surface area (Å²) < 4.78 is 34.7. The lowest BCUT2D eigenvalue weighted by atomic mass is 9.92. The van der Waals surface area contributed by atoms with E-state index in [0.29, 0.717) is 24.3 Å². The third-order valence-corrected chi connectivity index (χ3v) is 7.19. The molecule has 3 rings (SSSR count). The lowest BCUT2D eigenvalue weighted by molar-refractivity contribution is -0.121. The molecule has 0 radical (unpaired) electrons. The maximum atomic E-state index is 14.6. The first-order chi connectivity index (χ1) is 14.5. The Hall–Kier alpha value is -2.94. The van der Waals surface area contributed by atoms with Crippen molar-refractivity contribution < 1.29 is 28.2 Å². The number of hydrogen-bond acceptors (Lipinski definition) is 3. The van der Waals surface area contributed by atoms with E-state index in [1.54, 1.807) is 18.2 Å². The van der Waals surface area contributed by atoms with Gasteiger partial charge in [-0.3, -0.25) is 9.69 Å². The standard InChI is InChI=1S/C22H26F2N2O4Si/c1-5-30-15-6-7-16-13(10-15)8-9-26(22(28)29)19(16)21(27)25-14-11-17(23)20(18(24)12-14)31(2,3)4/h6-7,10-12,19H,5,8-9H2,1-4H3,(H,25,27)(H,28,29). The minimum absolute atomic E-state index is 0.0506. The van der Waals surface area contributed by atoms with Gasteiger partial charge in [0.1, 0.15) is 23.4 Å². The summed E-state index contributed by atoms with van der Waals surface area (Å²) in [6.07, 6.45) is -0.813. The predicted molar refractivity (Wildman–Crippen MR) is 117 cm³/mol. The lowest BCUT2D eigenvalue weighted by Crippen LogP contribution is -2.45. The number of carboxylic acid groups (broad SMARTS) is 1. The predicted octanol–water partition coefficient (Wildman–Crippen LogP) is 4.12. The van der Waals surface area contributed by atoms with E-state index in [9.17, 15) is 23.5 Å². The van der Waals surface area contributed by atoms with Crippen molar-refractivity contribution in [3.8, 4) is 5.75 Å². The van der Waals surface area contributed by atoms with E-state index < -0.39 is 37.8 Å². The van der Waals surface area contributed by atoms with Crippen LogP contribution in [0.15, 0.2) is 30.3 Å². The van der Waals surface area contributed by atoms with Crippen LogP contribution in [0.4, 0.5) is 19.3 Å². The molecular formula is C22H26F2N2O4Si. The van der Waals surface area contributed by atoms with Crippen LogP contribution >= 0.6 is 0 Å². The Labute approximate surface area is 180 Å². The fourth-order valence-corrected chi connectivity index (χ4v) is 5.50. The summed E-state index contributed by atoms with van der Waals surface area (Å²) >= 11 is 0. The number of hydrogen-bond donors (Lipinski definition) is 2. The number of carbonyl (C=O) groups is 2. The second-order valence-corrected chi connectivity index (χ2v) is 13.5. The van der Waals surface area contributed by atoms with Crippen LogP contribution < -0.4 is 15.2 Å². The average Bonchev–Trinajstić information content (AvgIpc) is 2.65. The Balaban J connectivity index is 1.95. The molecule has 9 heteroatoms. The van der Waals surface area contributed by atoms with Crippen molar-refractivity contribution in [2.24, 2.45) is 0 Å². The van der Waals surface area contributed by atoms with Gasteiger partial charge in [0, 0.05) is 17.4 Å². The van der Waals surface area contributed by atoms with E-state index in [1.165, 1.54) is 0 Å². The zero-order valence-corrected chi connectivity index (χ0v) is 19.0. The Morgan fingerprint density at radius 1 is 1.19 bits per heavy atom. The fourth-order valence-electron chi connectivity index (χ4n) is 3.92. The fraction of sp³-hybridized carbons (Fsp3) is 0.364. The molecule has 6 nitrogen and oxygen atoms in total. The molecule has 0 aliphatic carbocycles. The first-order valence-electron chi connectivity index (χ1n) is 10.1. The number of nitrogens with one attached hydrogen (secondary N) is 1. The number of carbonyl (C=O) groups excluding carboxylic acids is 1. The topological polar surface area (TPSA) is 78.9 Å². The van der Waals surface area contributed by atoms with Crippen molar-refractivity contribution in [2.45, 2.75) is 39.0 Å². The lowest BCUT2D eigenvalue weighted by Gasteiger charge is -2.34. The number of nitrogens with zero attached hydrogens (tertiary/aromatic N) is 1. The molecule has 2 N–H and O–H groups in total. The van der Waals surface area contributed by atoms with Crippen molar-refractivity contribution in [3.05, 3.63) is 53.1 Å². The van der Waals surface area contributed by atoms with E-state index in [0.717, 1.165) is 22.6 Å². The van der Waals surface area contributed by atoms with Crippen molar-refractivity contribution >= 4 is 30.9 Å². The molecule has 1 aliphatic heterocycles. The zero-order chi connectivity index (χ0) is 22.9.